The van der Waals surface area contributed by atoms with Gasteiger partial charge in [0.1, 0.15) is 12.2 Å². The van der Waals surface area contributed by atoms with Crippen molar-refractivity contribution in [3.05, 3.63) is 18.1 Å². The number of aromatic nitrogens is 2. The highest BCUT2D eigenvalue weighted by molar-refractivity contribution is 5.89. The Labute approximate surface area is 165 Å². The second-order valence-corrected chi connectivity index (χ2v) is 8.11. The van der Waals surface area contributed by atoms with Crippen molar-refractivity contribution in [2.45, 2.75) is 56.5 Å². The molecule has 1 spiro atoms. The van der Waals surface area contributed by atoms with E-state index in [9.17, 15) is 9.59 Å². The smallest absolute Gasteiger partial charge is 0.416 e. The Morgan fingerprint density at radius 3 is 2.79 bits per heavy atom. The minimum absolute atomic E-state index is 0.00868. The SMILES string of the molecule is COCC(=O)N1CCCC(c2cnc(N3CC4(CCCCC4)OC3=O)cn2)C1. The van der Waals surface area contributed by atoms with Gasteiger partial charge in [-0.05, 0) is 38.5 Å². The number of carbonyl (C=O) groups is 2. The minimum Gasteiger partial charge on any atom is -0.441 e. The third kappa shape index (κ3) is 3.83. The molecule has 2 amide bonds. The Bertz CT molecular complexity index is 717. The monoisotopic (exact) mass is 388 g/mol. The lowest BCUT2D eigenvalue weighted by Gasteiger charge is -2.32. The molecule has 0 aromatic carbocycles. The molecular weight excluding hydrogens is 360 g/mol. The Morgan fingerprint density at radius 2 is 2.07 bits per heavy atom. The molecule has 152 valence electrons. The number of ether oxygens (including phenoxy) is 2. The van der Waals surface area contributed by atoms with E-state index in [0.29, 0.717) is 18.9 Å². The number of hydrogen-bond donors (Lipinski definition) is 0. The number of anilines is 1. The summed E-state index contributed by atoms with van der Waals surface area (Å²) in [7, 11) is 1.53. The number of methoxy groups -OCH3 is 1. The maximum absolute atomic E-state index is 12.4. The van der Waals surface area contributed by atoms with Crippen LogP contribution in [-0.4, -0.2) is 65.8 Å². The Hall–Kier alpha value is -2.22. The third-order valence-corrected chi connectivity index (χ3v) is 6.13. The molecule has 8 heteroatoms. The van der Waals surface area contributed by atoms with Gasteiger partial charge in [-0.15, -0.1) is 0 Å². The van der Waals surface area contributed by atoms with Gasteiger partial charge < -0.3 is 14.4 Å². The topological polar surface area (TPSA) is 84.9 Å². The van der Waals surface area contributed by atoms with Crippen LogP contribution in [-0.2, 0) is 14.3 Å². The van der Waals surface area contributed by atoms with Gasteiger partial charge in [-0.1, -0.05) is 6.42 Å². The lowest BCUT2D eigenvalue weighted by molar-refractivity contribution is -0.136. The molecule has 1 aromatic heterocycles. The van der Waals surface area contributed by atoms with Gasteiger partial charge in [0.05, 0.1) is 24.6 Å². The number of rotatable bonds is 4. The van der Waals surface area contributed by atoms with Crippen molar-refractivity contribution in [3.63, 3.8) is 0 Å². The van der Waals surface area contributed by atoms with Gasteiger partial charge in [0.15, 0.2) is 5.82 Å². The van der Waals surface area contributed by atoms with E-state index >= 15 is 0 Å². The quantitative estimate of drug-likeness (QED) is 0.788. The molecule has 8 nitrogen and oxygen atoms in total. The molecule has 1 aromatic rings. The zero-order valence-electron chi connectivity index (χ0n) is 16.4. The van der Waals surface area contributed by atoms with Crippen molar-refractivity contribution >= 4 is 17.8 Å². The molecule has 4 rings (SSSR count). The molecule has 1 atom stereocenters. The maximum Gasteiger partial charge on any atom is 0.416 e. The zero-order valence-corrected chi connectivity index (χ0v) is 16.4. The number of carbonyl (C=O) groups excluding carboxylic acids is 2. The predicted octanol–water partition coefficient (Wildman–Crippen LogP) is 2.49. The van der Waals surface area contributed by atoms with Crippen molar-refractivity contribution in [2.75, 3.05) is 38.3 Å². The fraction of sp³-hybridized carbons (Fsp3) is 0.700. The van der Waals surface area contributed by atoms with Crippen LogP contribution in [0, 0.1) is 0 Å². The summed E-state index contributed by atoms with van der Waals surface area (Å²) in [6.45, 7) is 2.05. The van der Waals surface area contributed by atoms with E-state index < -0.39 is 0 Å². The van der Waals surface area contributed by atoms with Crippen molar-refractivity contribution in [1.29, 1.82) is 0 Å². The Balaban J connectivity index is 1.42. The molecular formula is C20H28N4O4. The first-order valence-electron chi connectivity index (χ1n) is 10.2. The molecule has 0 N–H and O–H groups in total. The van der Waals surface area contributed by atoms with Crippen LogP contribution in [0.4, 0.5) is 10.6 Å². The number of hydrogen-bond acceptors (Lipinski definition) is 6. The number of likely N-dealkylation sites (tertiary alicyclic amines) is 1. The second kappa shape index (κ2) is 8.03. The molecule has 28 heavy (non-hydrogen) atoms. The van der Waals surface area contributed by atoms with Crippen molar-refractivity contribution in [3.8, 4) is 0 Å². The van der Waals surface area contributed by atoms with E-state index in [1.807, 2.05) is 4.90 Å². The minimum atomic E-state index is -0.346. The largest absolute Gasteiger partial charge is 0.441 e. The van der Waals surface area contributed by atoms with E-state index in [0.717, 1.165) is 50.8 Å². The zero-order chi connectivity index (χ0) is 19.6. The van der Waals surface area contributed by atoms with Gasteiger partial charge in [-0.25, -0.2) is 9.78 Å². The molecule has 3 fully saturated rings. The van der Waals surface area contributed by atoms with Crippen LogP contribution in [0.1, 0.15) is 56.6 Å². The summed E-state index contributed by atoms with van der Waals surface area (Å²) in [5.74, 6) is 0.708. The Kier molecular flexibility index (Phi) is 5.48. The van der Waals surface area contributed by atoms with E-state index in [1.54, 1.807) is 17.3 Å². The maximum atomic E-state index is 12.4. The fourth-order valence-electron chi connectivity index (χ4n) is 4.60. The summed E-state index contributed by atoms with van der Waals surface area (Å²) < 4.78 is 10.7. The van der Waals surface area contributed by atoms with E-state index in [2.05, 4.69) is 9.97 Å². The Morgan fingerprint density at radius 1 is 1.25 bits per heavy atom. The van der Waals surface area contributed by atoms with E-state index in [-0.39, 0.29) is 30.1 Å². The van der Waals surface area contributed by atoms with Crippen molar-refractivity contribution < 1.29 is 19.1 Å². The van der Waals surface area contributed by atoms with Gasteiger partial charge in [0, 0.05) is 26.1 Å². The summed E-state index contributed by atoms with van der Waals surface area (Å²) in [6, 6.07) is 0. The number of piperidine rings is 1. The highest BCUT2D eigenvalue weighted by atomic mass is 16.6. The molecule has 3 aliphatic rings. The highest BCUT2D eigenvalue weighted by Gasteiger charge is 2.46. The average Bonchev–Trinajstić information content (AvgIpc) is 3.04. The predicted molar refractivity (Wildman–Crippen MR) is 102 cm³/mol. The van der Waals surface area contributed by atoms with E-state index in [1.165, 1.54) is 13.5 Å². The van der Waals surface area contributed by atoms with Crippen LogP contribution in [0.3, 0.4) is 0 Å². The van der Waals surface area contributed by atoms with Gasteiger partial charge in [0.25, 0.3) is 0 Å². The molecule has 0 radical (unpaired) electrons. The molecule has 2 aliphatic heterocycles. The van der Waals surface area contributed by atoms with Crippen molar-refractivity contribution in [1.82, 2.24) is 14.9 Å². The first-order chi connectivity index (χ1) is 13.6. The van der Waals surface area contributed by atoms with Crippen LogP contribution in [0.25, 0.3) is 0 Å². The van der Waals surface area contributed by atoms with Gasteiger partial charge in [-0.3, -0.25) is 14.7 Å². The summed E-state index contributed by atoms with van der Waals surface area (Å²) in [4.78, 5) is 37.0. The lowest BCUT2D eigenvalue weighted by Crippen LogP contribution is -2.41. The van der Waals surface area contributed by atoms with Gasteiger partial charge >= 0.3 is 6.09 Å². The summed E-state index contributed by atoms with van der Waals surface area (Å²) >= 11 is 0. The standard InChI is InChI=1S/C20H28N4O4/c1-27-13-18(25)23-9-5-6-15(12-23)16-10-22-17(11-21-16)24-14-20(28-19(24)26)7-3-2-4-8-20/h10-11,15H,2-9,12-14H2,1H3. The van der Waals surface area contributed by atoms with E-state index in [4.69, 9.17) is 9.47 Å². The summed E-state index contributed by atoms with van der Waals surface area (Å²) in [5.41, 5.74) is 0.514. The first kappa shape index (κ1) is 19.1. The third-order valence-electron chi connectivity index (χ3n) is 6.13. The first-order valence-corrected chi connectivity index (χ1v) is 10.2. The number of amides is 2. The molecule has 0 bridgehead atoms. The molecule has 2 saturated heterocycles. The van der Waals surface area contributed by atoms with Crippen LogP contribution in [0.2, 0.25) is 0 Å². The lowest BCUT2D eigenvalue weighted by atomic mass is 9.85. The average molecular weight is 388 g/mol. The fourth-order valence-corrected chi connectivity index (χ4v) is 4.60. The molecule has 1 aliphatic carbocycles. The summed E-state index contributed by atoms with van der Waals surface area (Å²) in [6.07, 6.45) is 10.2. The molecule has 3 heterocycles. The summed E-state index contributed by atoms with van der Waals surface area (Å²) in [5, 5.41) is 0. The van der Waals surface area contributed by atoms with Crippen molar-refractivity contribution in [2.24, 2.45) is 0 Å². The van der Waals surface area contributed by atoms with Crippen LogP contribution < -0.4 is 4.90 Å². The van der Waals surface area contributed by atoms with Gasteiger partial charge in [-0.2, -0.15) is 0 Å². The number of nitrogens with zero attached hydrogens (tertiary/aromatic N) is 4. The highest BCUT2D eigenvalue weighted by Crippen LogP contribution is 2.38. The normalized spacial score (nSPS) is 24.5. The van der Waals surface area contributed by atoms with Crippen LogP contribution in [0.5, 0.6) is 0 Å². The van der Waals surface area contributed by atoms with Crippen LogP contribution in [0.15, 0.2) is 12.4 Å². The van der Waals surface area contributed by atoms with Crippen LogP contribution >= 0.6 is 0 Å². The second-order valence-electron chi connectivity index (χ2n) is 8.11. The molecule has 1 unspecified atom stereocenters. The van der Waals surface area contributed by atoms with Gasteiger partial charge in [0.2, 0.25) is 5.91 Å². The molecule has 1 saturated carbocycles.